The van der Waals surface area contributed by atoms with Gasteiger partial charge in [0.1, 0.15) is 5.82 Å². The average Bonchev–Trinajstić information content (AvgIpc) is 2.77. The maximum absolute atomic E-state index is 12.4. The quantitative estimate of drug-likeness (QED) is 0.774. The number of rotatable bonds is 3. The molecule has 0 radical (unpaired) electrons. The van der Waals surface area contributed by atoms with Gasteiger partial charge in [0.25, 0.3) is 10.0 Å². The molecular formula is C10H17N3O4S. The van der Waals surface area contributed by atoms with Crippen LogP contribution in [0.3, 0.4) is 0 Å². The smallest absolute Gasteiger partial charge is 0.260 e. The Kier molecular flexibility index (Phi) is 3.71. The SMILES string of the molecule is Cc1ncc(S(=O)(=O)N2CC(CO)OCC2C)[nH]1. The Balaban J connectivity index is 2.28. The molecule has 2 atom stereocenters. The monoisotopic (exact) mass is 275 g/mol. The second kappa shape index (κ2) is 4.96. The van der Waals surface area contributed by atoms with E-state index in [-0.39, 0.29) is 30.8 Å². The highest BCUT2D eigenvalue weighted by atomic mass is 32.2. The highest BCUT2D eigenvalue weighted by molar-refractivity contribution is 7.89. The van der Waals surface area contributed by atoms with E-state index < -0.39 is 16.1 Å². The van der Waals surface area contributed by atoms with Gasteiger partial charge in [-0.05, 0) is 13.8 Å². The molecule has 1 aromatic rings. The molecule has 0 aliphatic carbocycles. The summed E-state index contributed by atoms with van der Waals surface area (Å²) < 4.78 is 31.4. The number of sulfonamides is 1. The third-order valence-corrected chi connectivity index (χ3v) is 4.81. The average molecular weight is 275 g/mol. The van der Waals surface area contributed by atoms with E-state index >= 15 is 0 Å². The molecule has 1 aromatic heterocycles. The van der Waals surface area contributed by atoms with Crippen LogP contribution in [0, 0.1) is 6.92 Å². The minimum Gasteiger partial charge on any atom is -0.394 e. The summed E-state index contributed by atoms with van der Waals surface area (Å²) >= 11 is 0. The summed E-state index contributed by atoms with van der Waals surface area (Å²) in [5.74, 6) is 0.549. The van der Waals surface area contributed by atoms with Crippen LogP contribution in [-0.4, -0.2) is 59.7 Å². The predicted octanol–water partition coefficient (Wildman–Crippen LogP) is -0.512. The van der Waals surface area contributed by atoms with Crippen molar-refractivity contribution in [2.24, 2.45) is 0 Å². The lowest BCUT2D eigenvalue weighted by molar-refractivity contribution is -0.0516. The zero-order valence-corrected chi connectivity index (χ0v) is 11.1. The van der Waals surface area contributed by atoms with E-state index in [0.717, 1.165) is 0 Å². The van der Waals surface area contributed by atoms with Gasteiger partial charge in [0.2, 0.25) is 0 Å². The molecule has 0 bridgehead atoms. The maximum atomic E-state index is 12.4. The van der Waals surface area contributed by atoms with Crippen molar-refractivity contribution in [3.8, 4) is 0 Å². The second-order valence-electron chi connectivity index (χ2n) is 4.39. The summed E-state index contributed by atoms with van der Waals surface area (Å²) in [6, 6.07) is -0.263. The van der Waals surface area contributed by atoms with E-state index in [1.165, 1.54) is 10.5 Å². The first-order valence-electron chi connectivity index (χ1n) is 5.71. The number of aryl methyl sites for hydroxylation is 1. The van der Waals surface area contributed by atoms with Crippen molar-refractivity contribution in [3.63, 3.8) is 0 Å². The summed E-state index contributed by atoms with van der Waals surface area (Å²) in [5, 5.41) is 9.14. The Morgan fingerprint density at radius 2 is 2.39 bits per heavy atom. The molecule has 8 heteroatoms. The van der Waals surface area contributed by atoms with Gasteiger partial charge in [-0.2, -0.15) is 4.31 Å². The van der Waals surface area contributed by atoms with Crippen molar-refractivity contribution in [3.05, 3.63) is 12.0 Å². The lowest BCUT2D eigenvalue weighted by Crippen LogP contribution is -2.51. The number of hydrogen-bond donors (Lipinski definition) is 2. The number of ether oxygens (including phenoxy) is 1. The number of aromatic nitrogens is 2. The summed E-state index contributed by atoms with van der Waals surface area (Å²) in [7, 11) is -3.61. The van der Waals surface area contributed by atoms with E-state index in [4.69, 9.17) is 9.84 Å². The van der Waals surface area contributed by atoms with Gasteiger partial charge < -0.3 is 14.8 Å². The van der Waals surface area contributed by atoms with Crippen LogP contribution in [0.2, 0.25) is 0 Å². The first-order chi connectivity index (χ1) is 8.45. The highest BCUT2D eigenvalue weighted by Gasteiger charge is 2.36. The summed E-state index contributed by atoms with van der Waals surface area (Å²) in [4.78, 5) is 6.62. The number of aliphatic hydroxyl groups excluding tert-OH is 1. The molecule has 18 heavy (non-hydrogen) atoms. The van der Waals surface area contributed by atoms with Crippen LogP contribution in [0.1, 0.15) is 12.7 Å². The van der Waals surface area contributed by atoms with Crippen LogP contribution in [-0.2, 0) is 14.8 Å². The molecule has 1 fully saturated rings. The lowest BCUT2D eigenvalue weighted by atomic mass is 10.2. The van der Waals surface area contributed by atoms with Gasteiger partial charge >= 0.3 is 0 Å². The summed E-state index contributed by atoms with van der Waals surface area (Å²) in [5.41, 5.74) is 0. The van der Waals surface area contributed by atoms with Crippen molar-refractivity contribution in [1.29, 1.82) is 0 Å². The number of morpholine rings is 1. The fraction of sp³-hybridized carbons (Fsp3) is 0.700. The third-order valence-electron chi connectivity index (χ3n) is 2.92. The number of nitrogens with zero attached hydrogens (tertiary/aromatic N) is 2. The Labute approximate surface area is 106 Å². The second-order valence-corrected chi connectivity index (χ2v) is 6.25. The van der Waals surface area contributed by atoms with Crippen LogP contribution < -0.4 is 0 Å². The maximum Gasteiger partial charge on any atom is 0.260 e. The van der Waals surface area contributed by atoms with Crippen molar-refractivity contribution in [1.82, 2.24) is 14.3 Å². The Bertz CT molecular complexity index is 513. The zero-order valence-electron chi connectivity index (χ0n) is 10.3. The topological polar surface area (TPSA) is 95.5 Å². The highest BCUT2D eigenvalue weighted by Crippen LogP contribution is 2.21. The minimum absolute atomic E-state index is 0.0745. The van der Waals surface area contributed by atoms with E-state index in [9.17, 15) is 8.42 Å². The number of H-pyrrole nitrogens is 1. The van der Waals surface area contributed by atoms with Gasteiger partial charge in [0.15, 0.2) is 5.03 Å². The number of nitrogens with one attached hydrogen (secondary N) is 1. The normalized spacial score (nSPS) is 26.4. The predicted molar refractivity (Wildman–Crippen MR) is 63.5 cm³/mol. The molecule has 7 nitrogen and oxygen atoms in total. The van der Waals surface area contributed by atoms with Gasteiger partial charge in [-0.1, -0.05) is 0 Å². The Hall–Kier alpha value is -0.960. The Morgan fingerprint density at radius 3 is 2.94 bits per heavy atom. The summed E-state index contributed by atoms with van der Waals surface area (Å²) in [6.07, 6.45) is 0.834. The summed E-state index contributed by atoms with van der Waals surface area (Å²) in [6.45, 7) is 3.70. The molecular weight excluding hydrogens is 258 g/mol. The molecule has 0 amide bonds. The van der Waals surface area contributed by atoms with Gasteiger partial charge in [0.05, 0.1) is 25.5 Å². The molecule has 2 heterocycles. The molecule has 2 rings (SSSR count). The minimum atomic E-state index is -3.61. The Morgan fingerprint density at radius 1 is 1.67 bits per heavy atom. The van der Waals surface area contributed by atoms with Gasteiger partial charge in [-0.15, -0.1) is 0 Å². The molecule has 0 spiro atoms. The van der Waals surface area contributed by atoms with Crippen molar-refractivity contribution >= 4 is 10.0 Å². The first-order valence-corrected chi connectivity index (χ1v) is 7.15. The number of hydrogen-bond acceptors (Lipinski definition) is 5. The van der Waals surface area contributed by atoms with E-state index in [1.54, 1.807) is 13.8 Å². The standard InChI is InChI=1S/C10H17N3O4S/c1-7-6-17-9(5-14)4-13(7)18(15,16)10-3-11-8(2)12-10/h3,7,9,14H,4-6H2,1-2H3,(H,11,12). The van der Waals surface area contributed by atoms with Crippen LogP contribution in [0.25, 0.3) is 0 Å². The van der Waals surface area contributed by atoms with Gasteiger partial charge in [0, 0.05) is 12.6 Å². The molecule has 2 N–H and O–H groups in total. The zero-order chi connectivity index (χ0) is 13.3. The van der Waals surface area contributed by atoms with Crippen LogP contribution >= 0.6 is 0 Å². The van der Waals surface area contributed by atoms with Gasteiger partial charge in [-0.25, -0.2) is 13.4 Å². The number of aliphatic hydroxyl groups is 1. The van der Waals surface area contributed by atoms with E-state index in [1.807, 2.05) is 0 Å². The fourth-order valence-electron chi connectivity index (χ4n) is 1.89. The molecule has 102 valence electrons. The molecule has 1 saturated heterocycles. The molecule has 0 saturated carbocycles. The van der Waals surface area contributed by atoms with Crippen molar-refractivity contribution in [2.45, 2.75) is 31.0 Å². The fourth-order valence-corrected chi connectivity index (χ4v) is 3.51. The molecule has 1 aliphatic rings. The van der Waals surface area contributed by atoms with Crippen LogP contribution in [0.5, 0.6) is 0 Å². The third kappa shape index (κ3) is 2.41. The first kappa shape index (κ1) is 13.5. The van der Waals surface area contributed by atoms with Gasteiger partial charge in [-0.3, -0.25) is 0 Å². The van der Waals surface area contributed by atoms with E-state index in [0.29, 0.717) is 5.82 Å². The van der Waals surface area contributed by atoms with Crippen LogP contribution in [0.15, 0.2) is 11.2 Å². The molecule has 1 aliphatic heterocycles. The number of imidazole rings is 1. The van der Waals surface area contributed by atoms with E-state index in [2.05, 4.69) is 9.97 Å². The number of aromatic amines is 1. The van der Waals surface area contributed by atoms with Crippen molar-refractivity contribution in [2.75, 3.05) is 19.8 Å². The van der Waals surface area contributed by atoms with Crippen LogP contribution in [0.4, 0.5) is 0 Å². The molecule has 0 aromatic carbocycles. The lowest BCUT2D eigenvalue weighted by Gasteiger charge is -2.35. The van der Waals surface area contributed by atoms with Crippen molar-refractivity contribution < 1.29 is 18.3 Å². The largest absolute Gasteiger partial charge is 0.394 e. The molecule has 2 unspecified atom stereocenters.